The molecule has 0 fully saturated rings. The first-order chi connectivity index (χ1) is 12.1. The summed E-state index contributed by atoms with van der Waals surface area (Å²) in [5, 5.41) is 4.76. The first kappa shape index (κ1) is 16.0. The van der Waals surface area contributed by atoms with Crippen molar-refractivity contribution >= 4 is 0 Å². The van der Waals surface area contributed by atoms with E-state index in [1.54, 1.807) is 0 Å². The molecule has 4 heterocycles. The Morgan fingerprint density at radius 3 is 2.72 bits per heavy atom. The van der Waals surface area contributed by atoms with E-state index < -0.39 is 0 Å². The third-order valence-corrected chi connectivity index (χ3v) is 4.92. The number of fused-ring (bicyclic) bond motifs is 1. The highest BCUT2D eigenvalue weighted by Crippen LogP contribution is 2.23. The quantitative estimate of drug-likeness (QED) is 0.738. The summed E-state index contributed by atoms with van der Waals surface area (Å²) < 4.78 is 2.12. The maximum Gasteiger partial charge on any atom is 0.111 e. The predicted molar refractivity (Wildman–Crippen MR) is 98.0 cm³/mol. The minimum absolute atomic E-state index is 0.879. The van der Waals surface area contributed by atoms with Crippen molar-refractivity contribution < 1.29 is 0 Å². The molecule has 5 nitrogen and oxygen atoms in total. The van der Waals surface area contributed by atoms with Crippen LogP contribution in [-0.4, -0.2) is 31.2 Å². The van der Waals surface area contributed by atoms with Crippen molar-refractivity contribution in [2.45, 2.75) is 40.4 Å². The topological polar surface area (TPSA) is 46.8 Å². The average Bonchev–Trinajstić information content (AvgIpc) is 3.01. The van der Waals surface area contributed by atoms with E-state index in [4.69, 9.17) is 10.1 Å². The minimum Gasteiger partial charge on any atom is -0.290 e. The van der Waals surface area contributed by atoms with E-state index in [0.717, 1.165) is 54.5 Å². The van der Waals surface area contributed by atoms with Crippen LogP contribution in [0.15, 0.2) is 36.5 Å². The van der Waals surface area contributed by atoms with Crippen LogP contribution in [0.4, 0.5) is 0 Å². The molecule has 0 aliphatic carbocycles. The molecule has 3 aromatic heterocycles. The molecule has 0 atom stereocenters. The van der Waals surface area contributed by atoms with Crippen LogP contribution in [0.1, 0.15) is 28.2 Å². The summed E-state index contributed by atoms with van der Waals surface area (Å²) in [4.78, 5) is 11.6. The van der Waals surface area contributed by atoms with Crippen LogP contribution >= 0.6 is 0 Å². The highest BCUT2D eigenvalue weighted by molar-refractivity contribution is 5.58. The van der Waals surface area contributed by atoms with Gasteiger partial charge >= 0.3 is 0 Å². The Balaban J connectivity index is 1.53. The highest BCUT2D eigenvalue weighted by Gasteiger charge is 2.20. The summed E-state index contributed by atoms with van der Waals surface area (Å²) in [5.41, 5.74) is 7.86. The zero-order chi connectivity index (χ0) is 17.4. The zero-order valence-corrected chi connectivity index (χ0v) is 15.0. The van der Waals surface area contributed by atoms with Gasteiger partial charge in [0, 0.05) is 31.5 Å². The van der Waals surface area contributed by atoms with Gasteiger partial charge in [0.25, 0.3) is 0 Å². The summed E-state index contributed by atoms with van der Waals surface area (Å²) in [6.07, 6.45) is 1.83. The normalized spacial score (nSPS) is 14.5. The molecule has 4 rings (SSSR count). The first-order valence-electron chi connectivity index (χ1n) is 8.74. The molecule has 0 spiro atoms. The second-order valence-corrected chi connectivity index (χ2v) is 6.83. The first-order valence-corrected chi connectivity index (χ1v) is 8.74. The lowest BCUT2D eigenvalue weighted by molar-refractivity contribution is 0.203. The van der Waals surface area contributed by atoms with Gasteiger partial charge in [0.2, 0.25) is 0 Å². The van der Waals surface area contributed by atoms with Crippen LogP contribution in [0, 0.1) is 20.8 Å². The van der Waals surface area contributed by atoms with Crippen LogP contribution in [0.25, 0.3) is 11.4 Å². The maximum absolute atomic E-state index is 4.76. The molecule has 0 aromatic carbocycles. The largest absolute Gasteiger partial charge is 0.290 e. The van der Waals surface area contributed by atoms with E-state index in [0.29, 0.717) is 0 Å². The Hall–Kier alpha value is -2.53. The molecule has 0 saturated carbocycles. The smallest absolute Gasteiger partial charge is 0.111 e. The molecule has 1 aliphatic heterocycles. The molecule has 25 heavy (non-hydrogen) atoms. The molecule has 3 aromatic rings. The summed E-state index contributed by atoms with van der Waals surface area (Å²) in [7, 11) is 0. The Bertz CT molecular complexity index is 912. The Morgan fingerprint density at radius 2 is 1.92 bits per heavy atom. The number of aromatic nitrogens is 4. The van der Waals surface area contributed by atoms with Crippen LogP contribution in [0.3, 0.4) is 0 Å². The third kappa shape index (κ3) is 3.20. The van der Waals surface area contributed by atoms with Gasteiger partial charge in [-0.2, -0.15) is 5.10 Å². The molecule has 128 valence electrons. The van der Waals surface area contributed by atoms with Gasteiger partial charge in [-0.3, -0.25) is 19.5 Å². The van der Waals surface area contributed by atoms with Gasteiger partial charge in [-0.05, 0) is 50.1 Å². The van der Waals surface area contributed by atoms with Crippen molar-refractivity contribution in [1.82, 2.24) is 24.6 Å². The van der Waals surface area contributed by atoms with Gasteiger partial charge in [-0.15, -0.1) is 0 Å². The molecule has 0 amide bonds. The average molecular weight is 333 g/mol. The minimum atomic E-state index is 0.879. The number of hydrogen-bond donors (Lipinski definition) is 0. The molecule has 0 radical (unpaired) electrons. The SMILES string of the molecule is Cc1ccc(CN2CCn3nc(-c4ncccc4C)cc3C2)nc1C. The standard InChI is InChI=1S/C20H23N5/c1-14-6-7-17(22-16(14)3)12-24-9-10-25-18(13-24)11-19(23-25)20-15(2)5-4-8-21-20/h4-8,11H,9-10,12-13H2,1-3H3. The van der Waals surface area contributed by atoms with Gasteiger partial charge in [-0.25, -0.2) is 0 Å². The highest BCUT2D eigenvalue weighted by atomic mass is 15.3. The van der Waals surface area contributed by atoms with E-state index in [-0.39, 0.29) is 0 Å². The van der Waals surface area contributed by atoms with Gasteiger partial charge in [0.05, 0.1) is 23.6 Å². The Morgan fingerprint density at radius 1 is 1.04 bits per heavy atom. The zero-order valence-electron chi connectivity index (χ0n) is 15.0. The van der Waals surface area contributed by atoms with Crippen molar-refractivity contribution in [3.63, 3.8) is 0 Å². The third-order valence-electron chi connectivity index (χ3n) is 4.92. The Labute approximate surface area is 148 Å². The van der Waals surface area contributed by atoms with Gasteiger partial charge in [0.15, 0.2) is 0 Å². The van der Waals surface area contributed by atoms with Crippen LogP contribution < -0.4 is 0 Å². The lowest BCUT2D eigenvalue weighted by Crippen LogP contribution is -2.33. The van der Waals surface area contributed by atoms with Crippen LogP contribution in [0.2, 0.25) is 0 Å². The van der Waals surface area contributed by atoms with E-state index >= 15 is 0 Å². The lowest BCUT2D eigenvalue weighted by Gasteiger charge is -2.27. The maximum atomic E-state index is 4.76. The van der Waals surface area contributed by atoms with Crippen molar-refractivity contribution in [2.75, 3.05) is 6.54 Å². The molecule has 1 aliphatic rings. The lowest BCUT2D eigenvalue weighted by atomic mass is 10.1. The number of rotatable bonds is 3. The molecule has 0 unspecified atom stereocenters. The summed E-state index contributed by atoms with van der Waals surface area (Å²) in [6.45, 7) is 9.93. The van der Waals surface area contributed by atoms with Crippen molar-refractivity contribution in [3.05, 3.63) is 64.7 Å². The second kappa shape index (κ2) is 6.41. The van der Waals surface area contributed by atoms with Crippen LogP contribution in [-0.2, 0) is 19.6 Å². The summed E-state index contributed by atoms with van der Waals surface area (Å²) >= 11 is 0. The fraction of sp³-hybridized carbons (Fsp3) is 0.350. The van der Waals surface area contributed by atoms with E-state index in [1.165, 1.54) is 11.3 Å². The van der Waals surface area contributed by atoms with Crippen molar-refractivity contribution in [2.24, 2.45) is 0 Å². The predicted octanol–water partition coefficient (Wildman–Crippen LogP) is 3.28. The van der Waals surface area contributed by atoms with E-state index in [1.807, 2.05) is 12.3 Å². The van der Waals surface area contributed by atoms with E-state index in [2.05, 4.69) is 59.6 Å². The Kier molecular flexibility index (Phi) is 4.09. The van der Waals surface area contributed by atoms with E-state index in [9.17, 15) is 0 Å². The molecular weight excluding hydrogens is 310 g/mol. The fourth-order valence-corrected chi connectivity index (χ4v) is 3.32. The number of nitrogens with zero attached hydrogens (tertiary/aromatic N) is 5. The van der Waals surface area contributed by atoms with Gasteiger partial charge < -0.3 is 0 Å². The summed E-state index contributed by atoms with van der Waals surface area (Å²) in [6, 6.07) is 10.5. The fourth-order valence-electron chi connectivity index (χ4n) is 3.32. The number of aryl methyl sites for hydroxylation is 3. The molecular formula is C20H23N5. The molecule has 0 bridgehead atoms. The number of hydrogen-bond acceptors (Lipinski definition) is 4. The molecule has 5 heteroatoms. The van der Waals surface area contributed by atoms with Crippen molar-refractivity contribution in [1.29, 1.82) is 0 Å². The summed E-state index contributed by atoms with van der Waals surface area (Å²) in [5.74, 6) is 0. The number of pyridine rings is 2. The molecule has 0 saturated heterocycles. The second-order valence-electron chi connectivity index (χ2n) is 6.83. The van der Waals surface area contributed by atoms with Crippen molar-refractivity contribution in [3.8, 4) is 11.4 Å². The van der Waals surface area contributed by atoms with Crippen LogP contribution in [0.5, 0.6) is 0 Å². The monoisotopic (exact) mass is 333 g/mol. The molecule has 0 N–H and O–H groups in total. The van der Waals surface area contributed by atoms with Gasteiger partial charge in [0.1, 0.15) is 5.69 Å². The van der Waals surface area contributed by atoms with Gasteiger partial charge in [-0.1, -0.05) is 12.1 Å².